The number of hydrogen-bond acceptors (Lipinski definition) is 8. The Labute approximate surface area is 158 Å². The SMILES string of the molecule is COc1ccc(C(=O)OCc2cc(=O)n3c(C)csc3n2)c(OC)c1OC. The monoisotopic (exact) mass is 390 g/mol. The molecule has 0 radical (unpaired) electrons. The molecule has 0 unspecified atom stereocenters. The molecular weight excluding hydrogens is 372 g/mol. The molecule has 0 aliphatic heterocycles. The van der Waals surface area contributed by atoms with Crippen LogP contribution in [0.5, 0.6) is 17.2 Å². The maximum Gasteiger partial charge on any atom is 0.342 e. The van der Waals surface area contributed by atoms with E-state index in [1.165, 1.54) is 49.2 Å². The normalized spacial score (nSPS) is 10.7. The van der Waals surface area contributed by atoms with E-state index in [1.54, 1.807) is 6.07 Å². The molecule has 0 bridgehead atoms. The van der Waals surface area contributed by atoms with E-state index in [-0.39, 0.29) is 23.5 Å². The van der Waals surface area contributed by atoms with Gasteiger partial charge < -0.3 is 18.9 Å². The highest BCUT2D eigenvalue weighted by Gasteiger charge is 2.22. The first-order valence-corrected chi connectivity index (χ1v) is 8.81. The van der Waals surface area contributed by atoms with Gasteiger partial charge in [-0.1, -0.05) is 0 Å². The fourth-order valence-corrected chi connectivity index (χ4v) is 3.54. The Hall–Kier alpha value is -3.07. The maximum absolute atomic E-state index is 12.5. The molecule has 27 heavy (non-hydrogen) atoms. The second-order valence-electron chi connectivity index (χ2n) is 5.54. The summed E-state index contributed by atoms with van der Waals surface area (Å²) in [6.45, 7) is 1.69. The summed E-state index contributed by atoms with van der Waals surface area (Å²) >= 11 is 1.35. The first kappa shape index (κ1) is 18.7. The number of methoxy groups -OCH3 is 3. The molecule has 0 saturated carbocycles. The molecule has 1 aromatic carbocycles. The number of aryl methyl sites for hydroxylation is 1. The average Bonchev–Trinajstić information content (AvgIpc) is 3.05. The van der Waals surface area contributed by atoms with Crippen LogP contribution in [0.25, 0.3) is 4.96 Å². The van der Waals surface area contributed by atoms with Crippen LogP contribution in [0.1, 0.15) is 21.7 Å². The van der Waals surface area contributed by atoms with E-state index in [0.29, 0.717) is 22.2 Å². The van der Waals surface area contributed by atoms with Crippen molar-refractivity contribution in [2.75, 3.05) is 21.3 Å². The topological polar surface area (TPSA) is 88.4 Å². The van der Waals surface area contributed by atoms with E-state index in [2.05, 4.69) is 4.98 Å². The van der Waals surface area contributed by atoms with Gasteiger partial charge in [-0.15, -0.1) is 11.3 Å². The number of benzene rings is 1. The van der Waals surface area contributed by atoms with Gasteiger partial charge in [-0.3, -0.25) is 9.20 Å². The number of nitrogens with zero attached hydrogens (tertiary/aromatic N) is 2. The van der Waals surface area contributed by atoms with Crippen molar-refractivity contribution in [1.82, 2.24) is 9.38 Å². The molecule has 0 fully saturated rings. The molecule has 142 valence electrons. The number of ether oxygens (including phenoxy) is 4. The summed E-state index contributed by atoms with van der Waals surface area (Å²) in [6.07, 6.45) is 0. The summed E-state index contributed by atoms with van der Waals surface area (Å²) in [7, 11) is 4.36. The van der Waals surface area contributed by atoms with Gasteiger partial charge in [0.2, 0.25) is 5.75 Å². The van der Waals surface area contributed by atoms with Gasteiger partial charge in [0.05, 0.1) is 27.0 Å². The van der Waals surface area contributed by atoms with Crippen LogP contribution in [0.15, 0.2) is 28.4 Å². The first-order valence-electron chi connectivity index (χ1n) is 7.93. The van der Waals surface area contributed by atoms with Crippen molar-refractivity contribution >= 4 is 22.3 Å². The molecule has 0 N–H and O–H groups in total. The second-order valence-corrected chi connectivity index (χ2v) is 6.38. The largest absolute Gasteiger partial charge is 0.493 e. The molecular formula is C18H18N2O6S. The van der Waals surface area contributed by atoms with Crippen LogP contribution in [0, 0.1) is 6.92 Å². The van der Waals surface area contributed by atoms with Crippen LogP contribution >= 0.6 is 11.3 Å². The van der Waals surface area contributed by atoms with E-state index >= 15 is 0 Å². The smallest absolute Gasteiger partial charge is 0.342 e. The third-order valence-electron chi connectivity index (χ3n) is 3.90. The Kier molecular flexibility index (Phi) is 5.31. The van der Waals surface area contributed by atoms with E-state index < -0.39 is 5.97 Å². The zero-order valence-electron chi connectivity index (χ0n) is 15.3. The average molecular weight is 390 g/mol. The molecule has 9 heteroatoms. The van der Waals surface area contributed by atoms with Crippen LogP contribution in [-0.4, -0.2) is 36.7 Å². The molecule has 2 aromatic heterocycles. The number of carbonyl (C=O) groups excluding carboxylic acids is 1. The van der Waals surface area contributed by atoms with Crippen molar-refractivity contribution in [2.45, 2.75) is 13.5 Å². The Bertz CT molecular complexity index is 1060. The van der Waals surface area contributed by atoms with E-state index in [9.17, 15) is 9.59 Å². The molecule has 8 nitrogen and oxygen atoms in total. The van der Waals surface area contributed by atoms with Gasteiger partial charge in [0, 0.05) is 17.1 Å². The van der Waals surface area contributed by atoms with Gasteiger partial charge in [-0.2, -0.15) is 0 Å². The molecule has 3 aromatic rings. The number of carbonyl (C=O) groups is 1. The van der Waals surface area contributed by atoms with Gasteiger partial charge >= 0.3 is 5.97 Å². The van der Waals surface area contributed by atoms with Crippen LogP contribution in [0.2, 0.25) is 0 Å². The summed E-state index contributed by atoms with van der Waals surface area (Å²) in [5.41, 5.74) is 1.15. The highest BCUT2D eigenvalue weighted by atomic mass is 32.1. The summed E-state index contributed by atoms with van der Waals surface area (Å²) in [5.74, 6) is 0.303. The third kappa shape index (κ3) is 3.45. The van der Waals surface area contributed by atoms with Gasteiger partial charge in [0.15, 0.2) is 16.5 Å². The minimum Gasteiger partial charge on any atom is -0.493 e. The predicted octanol–water partition coefficient (Wildman–Crippen LogP) is 2.45. The Morgan fingerprint density at radius 2 is 1.89 bits per heavy atom. The third-order valence-corrected chi connectivity index (χ3v) is 4.85. The van der Waals surface area contributed by atoms with E-state index in [1.807, 2.05) is 12.3 Å². The van der Waals surface area contributed by atoms with E-state index in [0.717, 1.165) is 5.69 Å². The zero-order chi connectivity index (χ0) is 19.6. The molecule has 0 spiro atoms. The second kappa shape index (κ2) is 7.67. The summed E-state index contributed by atoms with van der Waals surface area (Å²) in [5, 5.41) is 1.84. The number of aromatic nitrogens is 2. The quantitative estimate of drug-likeness (QED) is 0.597. The maximum atomic E-state index is 12.5. The molecule has 0 saturated heterocycles. The molecule has 2 heterocycles. The molecule has 3 rings (SSSR count). The first-order chi connectivity index (χ1) is 13.0. The highest BCUT2D eigenvalue weighted by molar-refractivity contribution is 7.15. The van der Waals surface area contributed by atoms with Gasteiger partial charge in [-0.25, -0.2) is 9.78 Å². The van der Waals surface area contributed by atoms with Crippen molar-refractivity contribution in [3.8, 4) is 17.2 Å². The summed E-state index contributed by atoms with van der Waals surface area (Å²) < 4.78 is 22.6. The van der Waals surface area contributed by atoms with Crippen LogP contribution in [0.4, 0.5) is 0 Å². The standard InChI is InChI=1S/C18H18N2O6S/c1-10-9-27-18-19-11(7-14(21)20(10)18)8-26-17(22)12-5-6-13(23-2)16(25-4)15(12)24-3/h5-7,9H,8H2,1-4H3. The number of fused-ring (bicyclic) bond motifs is 1. The minimum atomic E-state index is -0.628. The lowest BCUT2D eigenvalue weighted by Gasteiger charge is -2.15. The van der Waals surface area contributed by atoms with Crippen molar-refractivity contribution in [1.29, 1.82) is 0 Å². The highest BCUT2D eigenvalue weighted by Crippen LogP contribution is 2.40. The Morgan fingerprint density at radius 3 is 2.56 bits per heavy atom. The van der Waals surface area contributed by atoms with Gasteiger partial charge in [0.1, 0.15) is 12.2 Å². The number of rotatable bonds is 6. The zero-order valence-corrected chi connectivity index (χ0v) is 16.1. The summed E-state index contributed by atoms with van der Waals surface area (Å²) in [6, 6.07) is 4.46. The molecule has 0 amide bonds. The fourth-order valence-electron chi connectivity index (χ4n) is 2.65. The number of esters is 1. The minimum absolute atomic E-state index is 0.140. The lowest BCUT2D eigenvalue weighted by atomic mass is 10.1. The number of thiazole rings is 1. The lowest BCUT2D eigenvalue weighted by Crippen LogP contribution is -2.16. The van der Waals surface area contributed by atoms with E-state index in [4.69, 9.17) is 18.9 Å². The van der Waals surface area contributed by atoms with Crippen molar-refractivity contribution < 1.29 is 23.7 Å². The molecule has 0 aliphatic rings. The predicted molar refractivity (Wildman–Crippen MR) is 99.3 cm³/mol. The van der Waals surface area contributed by atoms with Gasteiger partial charge in [0.25, 0.3) is 5.56 Å². The van der Waals surface area contributed by atoms with Crippen molar-refractivity contribution in [3.05, 3.63) is 50.9 Å². The molecule has 0 atom stereocenters. The van der Waals surface area contributed by atoms with Crippen LogP contribution in [-0.2, 0) is 11.3 Å². The molecule has 0 aliphatic carbocycles. The van der Waals surface area contributed by atoms with Crippen LogP contribution < -0.4 is 19.8 Å². The fraction of sp³-hybridized carbons (Fsp3) is 0.278. The summed E-state index contributed by atoms with van der Waals surface area (Å²) in [4.78, 5) is 29.6. The Balaban J connectivity index is 1.85. The number of hydrogen-bond donors (Lipinski definition) is 0. The van der Waals surface area contributed by atoms with Crippen molar-refractivity contribution in [3.63, 3.8) is 0 Å². The van der Waals surface area contributed by atoms with Crippen molar-refractivity contribution in [2.24, 2.45) is 0 Å². The lowest BCUT2D eigenvalue weighted by molar-refractivity contribution is 0.0463. The van der Waals surface area contributed by atoms with Gasteiger partial charge in [-0.05, 0) is 19.1 Å². The van der Waals surface area contributed by atoms with Crippen LogP contribution in [0.3, 0.4) is 0 Å². The Morgan fingerprint density at radius 1 is 1.15 bits per heavy atom.